The summed E-state index contributed by atoms with van der Waals surface area (Å²) in [6, 6.07) is 15.0. The molecule has 3 atom stereocenters. The summed E-state index contributed by atoms with van der Waals surface area (Å²) in [5.74, 6) is -2.04. The van der Waals surface area contributed by atoms with E-state index in [2.05, 4.69) is 22.8 Å². The van der Waals surface area contributed by atoms with Gasteiger partial charge in [0.25, 0.3) is 5.91 Å². The first-order chi connectivity index (χ1) is 15.9. The van der Waals surface area contributed by atoms with Gasteiger partial charge in [-0.05, 0) is 28.2 Å². The smallest absolute Gasteiger partial charge is 0.407 e. The summed E-state index contributed by atoms with van der Waals surface area (Å²) in [4.78, 5) is 36.3. The van der Waals surface area contributed by atoms with E-state index in [0.29, 0.717) is 6.42 Å². The number of methoxy groups -OCH3 is 1. The second-order valence-corrected chi connectivity index (χ2v) is 8.14. The number of carboxylic acids is 1. The number of carbonyl (C=O) groups excluding carboxylic acids is 2. The maximum absolute atomic E-state index is 12.5. The Morgan fingerprint density at radius 1 is 1.03 bits per heavy atom. The Labute approximate surface area is 193 Å². The Morgan fingerprint density at radius 3 is 2.12 bits per heavy atom. The van der Waals surface area contributed by atoms with Crippen LogP contribution in [-0.2, 0) is 19.1 Å². The van der Waals surface area contributed by atoms with Gasteiger partial charge in [-0.1, -0.05) is 68.8 Å². The van der Waals surface area contributed by atoms with E-state index in [-0.39, 0.29) is 25.0 Å². The maximum atomic E-state index is 12.5. The van der Waals surface area contributed by atoms with E-state index < -0.39 is 30.1 Å². The summed E-state index contributed by atoms with van der Waals surface area (Å²) in [6.45, 7) is 3.60. The predicted octanol–water partition coefficient (Wildman–Crippen LogP) is 3.16. The standard InChI is InChI=1S/C25H30N2O6/c1-4-15(2)22(24(29)30)27-23(28)21(32-3)13-26-25(31)33-14-20-18-11-7-5-9-16(18)17-10-6-8-12-19(17)20/h5-12,15,20-22H,4,13-14H2,1-3H3,(H,26,31)(H,27,28)(H,29,30). The van der Waals surface area contributed by atoms with Gasteiger partial charge < -0.3 is 25.2 Å². The van der Waals surface area contributed by atoms with Crippen molar-refractivity contribution in [2.45, 2.75) is 38.3 Å². The minimum absolute atomic E-state index is 0.0727. The molecule has 0 spiro atoms. The lowest BCUT2D eigenvalue weighted by molar-refractivity contribution is -0.145. The lowest BCUT2D eigenvalue weighted by atomic mass is 9.98. The molecule has 3 N–H and O–H groups in total. The van der Waals surface area contributed by atoms with Gasteiger partial charge in [0.15, 0.2) is 6.10 Å². The van der Waals surface area contributed by atoms with Crippen molar-refractivity contribution in [1.82, 2.24) is 10.6 Å². The van der Waals surface area contributed by atoms with Crippen molar-refractivity contribution < 1.29 is 29.0 Å². The number of carbonyl (C=O) groups is 3. The molecule has 2 aromatic rings. The molecule has 0 saturated heterocycles. The highest BCUT2D eigenvalue weighted by molar-refractivity contribution is 5.87. The van der Waals surface area contributed by atoms with E-state index in [0.717, 1.165) is 22.3 Å². The highest BCUT2D eigenvalue weighted by atomic mass is 16.5. The fraction of sp³-hybridized carbons (Fsp3) is 0.400. The van der Waals surface area contributed by atoms with Crippen LogP contribution in [0.1, 0.15) is 37.3 Å². The third-order valence-corrected chi connectivity index (χ3v) is 6.13. The molecule has 3 rings (SSSR count). The number of amides is 2. The first-order valence-corrected chi connectivity index (χ1v) is 11.0. The molecular weight excluding hydrogens is 424 g/mol. The first kappa shape index (κ1) is 24.3. The van der Waals surface area contributed by atoms with Gasteiger partial charge in [-0.2, -0.15) is 0 Å². The fourth-order valence-electron chi connectivity index (χ4n) is 4.04. The first-order valence-electron chi connectivity index (χ1n) is 11.0. The van der Waals surface area contributed by atoms with E-state index in [1.807, 2.05) is 43.3 Å². The van der Waals surface area contributed by atoms with Gasteiger partial charge in [-0.3, -0.25) is 4.79 Å². The van der Waals surface area contributed by atoms with Crippen LogP contribution in [0.3, 0.4) is 0 Å². The fourth-order valence-corrected chi connectivity index (χ4v) is 4.04. The monoisotopic (exact) mass is 454 g/mol. The number of nitrogens with one attached hydrogen (secondary N) is 2. The van der Waals surface area contributed by atoms with Crippen molar-refractivity contribution in [3.8, 4) is 11.1 Å². The van der Waals surface area contributed by atoms with Crippen molar-refractivity contribution in [3.05, 3.63) is 59.7 Å². The van der Waals surface area contributed by atoms with Crippen molar-refractivity contribution >= 4 is 18.0 Å². The quantitative estimate of drug-likeness (QED) is 0.508. The van der Waals surface area contributed by atoms with Crippen molar-refractivity contribution in [3.63, 3.8) is 0 Å². The molecule has 0 radical (unpaired) electrons. The van der Waals surface area contributed by atoms with Gasteiger partial charge in [-0.15, -0.1) is 0 Å². The summed E-state index contributed by atoms with van der Waals surface area (Å²) in [5.41, 5.74) is 4.47. The van der Waals surface area contributed by atoms with Crippen LogP contribution in [0, 0.1) is 5.92 Å². The third kappa shape index (κ3) is 5.51. The Kier molecular flexibility index (Phi) is 8.06. The number of hydrogen-bond acceptors (Lipinski definition) is 5. The zero-order chi connectivity index (χ0) is 24.0. The Bertz CT molecular complexity index is 962. The molecule has 2 aromatic carbocycles. The van der Waals surface area contributed by atoms with Crippen LogP contribution in [0.5, 0.6) is 0 Å². The minimum atomic E-state index is -1.11. The lowest BCUT2D eigenvalue weighted by Crippen LogP contribution is -2.51. The third-order valence-electron chi connectivity index (χ3n) is 6.13. The molecule has 0 aliphatic heterocycles. The van der Waals surface area contributed by atoms with E-state index in [1.165, 1.54) is 7.11 Å². The van der Waals surface area contributed by atoms with Gasteiger partial charge in [0, 0.05) is 13.0 Å². The molecule has 0 heterocycles. The molecule has 8 heteroatoms. The van der Waals surface area contributed by atoms with Crippen LogP contribution in [0.15, 0.2) is 48.5 Å². The van der Waals surface area contributed by atoms with Crippen LogP contribution in [-0.4, -0.2) is 55.5 Å². The highest BCUT2D eigenvalue weighted by Crippen LogP contribution is 2.44. The van der Waals surface area contributed by atoms with Crippen molar-refractivity contribution in [2.75, 3.05) is 20.3 Å². The molecule has 1 aliphatic carbocycles. The highest BCUT2D eigenvalue weighted by Gasteiger charge is 2.30. The number of ether oxygens (including phenoxy) is 2. The Morgan fingerprint density at radius 2 is 1.61 bits per heavy atom. The number of rotatable bonds is 10. The number of carboxylic acid groups (broad SMARTS) is 1. The summed E-state index contributed by atoms with van der Waals surface area (Å²) in [7, 11) is 1.32. The number of benzene rings is 2. The largest absolute Gasteiger partial charge is 0.480 e. The molecule has 3 unspecified atom stereocenters. The summed E-state index contributed by atoms with van der Waals surface area (Å²) in [6.07, 6.45) is -1.13. The average Bonchev–Trinajstić information content (AvgIpc) is 3.14. The molecule has 0 saturated carbocycles. The zero-order valence-electron chi connectivity index (χ0n) is 19.0. The van der Waals surface area contributed by atoms with Crippen LogP contribution >= 0.6 is 0 Å². The van der Waals surface area contributed by atoms with Crippen molar-refractivity contribution in [1.29, 1.82) is 0 Å². The number of aliphatic carboxylic acids is 1. The molecule has 1 aliphatic rings. The van der Waals surface area contributed by atoms with Gasteiger partial charge >= 0.3 is 12.1 Å². The van der Waals surface area contributed by atoms with Crippen LogP contribution in [0.25, 0.3) is 11.1 Å². The van der Waals surface area contributed by atoms with Crippen molar-refractivity contribution in [2.24, 2.45) is 5.92 Å². The second kappa shape index (κ2) is 11.0. The van der Waals surface area contributed by atoms with Gasteiger partial charge in [0.2, 0.25) is 0 Å². The summed E-state index contributed by atoms with van der Waals surface area (Å²) >= 11 is 0. The average molecular weight is 455 g/mol. The van der Waals surface area contributed by atoms with E-state index in [4.69, 9.17) is 9.47 Å². The van der Waals surface area contributed by atoms with Gasteiger partial charge in [0.1, 0.15) is 12.6 Å². The predicted molar refractivity (Wildman–Crippen MR) is 123 cm³/mol. The van der Waals surface area contributed by atoms with E-state index in [1.54, 1.807) is 6.92 Å². The molecule has 176 valence electrons. The second-order valence-electron chi connectivity index (χ2n) is 8.14. The molecule has 8 nitrogen and oxygen atoms in total. The normalized spacial score (nSPS) is 15.0. The van der Waals surface area contributed by atoms with Gasteiger partial charge in [-0.25, -0.2) is 9.59 Å². The lowest BCUT2D eigenvalue weighted by Gasteiger charge is -2.23. The molecule has 33 heavy (non-hydrogen) atoms. The summed E-state index contributed by atoms with van der Waals surface area (Å²) in [5, 5.41) is 14.4. The van der Waals surface area contributed by atoms with E-state index in [9.17, 15) is 19.5 Å². The number of alkyl carbamates (subject to hydrolysis) is 1. The number of hydrogen-bond donors (Lipinski definition) is 3. The van der Waals surface area contributed by atoms with E-state index >= 15 is 0 Å². The Balaban J connectivity index is 1.56. The molecular formula is C25H30N2O6. The molecule has 0 fully saturated rings. The van der Waals surface area contributed by atoms with Crippen LogP contribution in [0.2, 0.25) is 0 Å². The van der Waals surface area contributed by atoms with Gasteiger partial charge in [0.05, 0.1) is 6.54 Å². The molecule has 2 amide bonds. The number of fused-ring (bicyclic) bond motifs is 3. The topological polar surface area (TPSA) is 114 Å². The summed E-state index contributed by atoms with van der Waals surface area (Å²) < 4.78 is 10.6. The zero-order valence-corrected chi connectivity index (χ0v) is 19.0. The Hall–Kier alpha value is -3.39. The van der Waals surface area contributed by atoms with Crippen LogP contribution < -0.4 is 10.6 Å². The molecule has 0 bridgehead atoms. The van der Waals surface area contributed by atoms with Crippen LogP contribution in [0.4, 0.5) is 4.79 Å². The maximum Gasteiger partial charge on any atom is 0.407 e. The SMILES string of the molecule is CCC(C)C(NC(=O)C(CNC(=O)OCC1c2ccccc2-c2ccccc21)OC)C(=O)O. The molecule has 0 aromatic heterocycles. The minimum Gasteiger partial charge on any atom is -0.480 e.